The zero-order valence-electron chi connectivity index (χ0n) is 9.21. The Bertz CT molecular complexity index is 485. The van der Waals surface area contributed by atoms with E-state index in [1.807, 2.05) is 24.3 Å². The molecular formula is C11H11N3O2S. The van der Waals surface area contributed by atoms with Gasteiger partial charge >= 0.3 is 0 Å². The molecule has 1 saturated heterocycles. The summed E-state index contributed by atoms with van der Waals surface area (Å²) in [5.74, 6) is 1.14. The van der Waals surface area contributed by atoms with E-state index in [-0.39, 0.29) is 5.91 Å². The Labute approximate surface area is 103 Å². The summed E-state index contributed by atoms with van der Waals surface area (Å²) < 4.78 is 5.09. The molecule has 1 N–H and O–H groups in total. The van der Waals surface area contributed by atoms with Crippen molar-refractivity contribution in [3.63, 3.8) is 0 Å². The Balaban J connectivity index is 2.02. The first-order chi connectivity index (χ1) is 8.28. The van der Waals surface area contributed by atoms with Gasteiger partial charge in [0.1, 0.15) is 5.75 Å². The van der Waals surface area contributed by atoms with E-state index in [2.05, 4.69) is 15.5 Å². The van der Waals surface area contributed by atoms with E-state index >= 15 is 0 Å². The predicted octanol–water partition coefficient (Wildman–Crippen LogP) is 1.25. The molecule has 0 spiro atoms. The molecule has 88 valence electrons. The van der Waals surface area contributed by atoms with Gasteiger partial charge in [0, 0.05) is 0 Å². The number of ether oxygens (including phenoxy) is 1. The van der Waals surface area contributed by atoms with Crippen molar-refractivity contribution in [3.8, 4) is 5.75 Å². The Morgan fingerprint density at radius 1 is 1.53 bits per heavy atom. The van der Waals surface area contributed by atoms with Gasteiger partial charge in [0.25, 0.3) is 0 Å². The lowest BCUT2D eigenvalue weighted by molar-refractivity contribution is -0.116. The van der Waals surface area contributed by atoms with Gasteiger partial charge in [0.2, 0.25) is 5.91 Å². The summed E-state index contributed by atoms with van der Waals surface area (Å²) in [7, 11) is 1.61. The minimum Gasteiger partial charge on any atom is -0.497 e. The maximum absolute atomic E-state index is 10.9. The molecule has 0 aliphatic carbocycles. The van der Waals surface area contributed by atoms with E-state index in [0.717, 1.165) is 11.3 Å². The highest BCUT2D eigenvalue weighted by molar-refractivity contribution is 8.15. The molecule has 6 heteroatoms. The lowest BCUT2D eigenvalue weighted by Crippen LogP contribution is -2.19. The van der Waals surface area contributed by atoms with Crippen LogP contribution in [0.2, 0.25) is 0 Å². The van der Waals surface area contributed by atoms with Crippen LogP contribution >= 0.6 is 11.8 Å². The van der Waals surface area contributed by atoms with Gasteiger partial charge in [-0.3, -0.25) is 4.79 Å². The van der Waals surface area contributed by atoms with Gasteiger partial charge in [-0.2, -0.15) is 5.10 Å². The summed E-state index contributed by atoms with van der Waals surface area (Å²) in [5, 5.41) is 10.9. The third-order valence-electron chi connectivity index (χ3n) is 2.04. The highest BCUT2D eigenvalue weighted by Gasteiger charge is 2.15. The number of hydrogen-bond acceptors (Lipinski definition) is 5. The van der Waals surface area contributed by atoms with Gasteiger partial charge in [0.15, 0.2) is 5.17 Å². The molecule has 0 bridgehead atoms. The fourth-order valence-electron chi connectivity index (χ4n) is 1.25. The average Bonchev–Trinajstić information content (AvgIpc) is 2.75. The van der Waals surface area contributed by atoms with E-state index in [1.165, 1.54) is 11.8 Å². The number of rotatable bonds is 3. The molecule has 1 amide bonds. The molecule has 0 unspecified atom stereocenters. The van der Waals surface area contributed by atoms with Crippen LogP contribution in [0.1, 0.15) is 5.56 Å². The molecule has 1 aromatic carbocycles. The Morgan fingerprint density at radius 2 is 2.41 bits per heavy atom. The molecule has 0 aromatic heterocycles. The van der Waals surface area contributed by atoms with E-state index in [1.54, 1.807) is 13.3 Å². The molecule has 17 heavy (non-hydrogen) atoms. The number of thioether (sulfide) groups is 1. The average molecular weight is 249 g/mol. The summed E-state index contributed by atoms with van der Waals surface area (Å²) in [4.78, 5) is 10.9. The highest BCUT2D eigenvalue weighted by atomic mass is 32.2. The second kappa shape index (κ2) is 5.49. The number of benzene rings is 1. The van der Waals surface area contributed by atoms with Crippen LogP contribution < -0.4 is 10.1 Å². The van der Waals surface area contributed by atoms with Crippen LogP contribution in [-0.4, -0.2) is 30.2 Å². The van der Waals surface area contributed by atoms with Crippen molar-refractivity contribution in [2.45, 2.75) is 0 Å². The van der Waals surface area contributed by atoms with Gasteiger partial charge in [-0.05, 0) is 17.7 Å². The van der Waals surface area contributed by atoms with Crippen molar-refractivity contribution in [1.29, 1.82) is 0 Å². The number of methoxy groups -OCH3 is 1. The normalized spacial score (nSPS) is 17.7. The molecule has 1 fully saturated rings. The van der Waals surface area contributed by atoms with Gasteiger partial charge in [-0.25, -0.2) is 0 Å². The third kappa shape index (κ3) is 3.32. The number of amides is 1. The Hall–Kier alpha value is -1.82. The second-order valence-corrected chi connectivity index (χ2v) is 4.23. The van der Waals surface area contributed by atoms with Crippen LogP contribution in [0.25, 0.3) is 0 Å². The SMILES string of the molecule is COc1cccc(/C=N\N=C2/NC(=O)CS2)c1. The standard InChI is InChI=1S/C11H11N3O2S/c1-16-9-4-2-3-8(5-9)6-12-14-11-13-10(15)7-17-11/h2-6H,7H2,1H3,(H,13,14,15)/b12-6-. The fourth-order valence-corrected chi connectivity index (χ4v) is 1.88. The fraction of sp³-hybridized carbons (Fsp3) is 0.182. The largest absolute Gasteiger partial charge is 0.497 e. The topological polar surface area (TPSA) is 63.1 Å². The molecule has 0 saturated carbocycles. The van der Waals surface area contributed by atoms with Crippen LogP contribution in [0, 0.1) is 0 Å². The van der Waals surface area contributed by atoms with E-state index in [4.69, 9.17) is 4.74 Å². The lowest BCUT2D eigenvalue weighted by atomic mass is 10.2. The van der Waals surface area contributed by atoms with Crippen molar-refractivity contribution in [1.82, 2.24) is 5.32 Å². The minimum absolute atomic E-state index is 0.0367. The van der Waals surface area contributed by atoms with E-state index in [0.29, 0.717) is 10.9 Å². The van der Waals surface area contributed by atoms with E-state index < -0.39 is 0 Å². The maximum Gasteiger partial charge on any atom is 0.236 e. The van der Waals surface area contributed by atoms with Gasteiger partial charge in [-0.15, -0.1) is 5.10 Å². The van der Waals surface area contributed by atoms with Crippen molar-refractivity contribution in [2.24, 2.45) is 10.2 Å². The van der Waals surface area contributed by atoms with Crippen molar-refractivity contribution >= 4 is 29.1 Å². The first-order valence-electron chi connectivity index (χ1n) is 4.95. The number of nitrogens with zero attached hydrogens (tertiary/aromatic N) is 2. The number of hydrogen-bond donors (Lipinski definition) is 1. The third-order valence-corrected chi connectivity index (χ3v) is 2.90. The number of amidine groups is 1. The summed E-state index contributed by atoms with van der Waals surface area (Å²) in [5.41, 5.74) is 0.892. The minimum atomic E-state index is -0.0367. The summed E-state index contributed by atoms with van der Waals surface area (Å²) in [6.45, 7) is 0. The molecule has 0 atom stereocenters. The van der Waals surface area contributed by atoms with Crippen LogP contribution in [0.3, 0.4) is 0 Å². The zero-order chi connectivity index (χ0) is 12.1. The molecule has 1 heterocycles. The van der Waals surface area contributed by atoms with Crippen molar-refractivity contribution < 1.29 is 9.53 Å². The highest BCUT2D eigenvalue weighted by Crippen LogP contribution is 2.11. The van der Waals surface area contributed by atoms with Crippen molar-refractivity contribution in [3.05, 3.63) is 29.8 Å². The summed E-state index contributed by atoms with van der Waals surface area (Å²) >= 11 is 1.34. The number of carbonyl (C=O) groups is 1. The quantitative estimate of drug-likeness (QED) is 0.647. The van der Waals surface area contributed by atoms with Gasteiger partial charge in [-0.1, -0.05) is 23.9 Å². The second-order valence-electron chi connectivity index (χ2n) is 3.26. The molecular weight excluding hydrogens is 238 g/mol. The predicted molar refractivity (Wildman–Crippen MR) is 68.6 cm³/mol. The van der Waals surface area contributed by atoms with Crippen LogP contribution in [-0.2, 0) is 4.79 Å². The Morgan fingerprint density at radius 3 is 3.12 bits per heavy atom. The smallest absolute Gasteiger partial charge is 0.236 e. The maximum atomic E-state index is 10.9. The van der Waals surface area contributed by atoms with Gasteiger partial charge < -0.3 is 10.1 Å². The molecule has 2 rings (SSSR count). The molecule has 1 aromatic rings. The first-order valence-corrected chi connectivity index (χ1v) is 5.94. The monoisotopic (exact) mass is 249 g/mol. The molecule has 1 aliphatic rings. The number of nitrogens with one attached hydrogen (secondary N) is 1. The van der Waals surface area contributed by atoms with Crippen LogP contribution in [0.15, 0.2) is 34.5 Å². The molecule has 5 nitrogen and oxygen atoms in total. The lowest BCUT2D eigenvalue weighted by Gasteiger charge is -1.98. The van der Waals surface area contributed by atoms with Crippen molar-refractivity contribution in [2.75, 3.05) is 12.9 Å². The first kappa shape index (κ1) is 11.7. The van der Waals surface area contributed by atoms with Crippen LogP contribution in [0.5, 0.6) is 5.75 Å². The van der Waals surface area contributed by atoms with Crippen LogP contribution in [0.4, 0.5) is 0 Å². The zero-order valence-corrected chi connectivity index (χ0v) is 10.0. The Kier molecular flexibility index (Phi) is 3.77. The van der Waals surface area contributed by atoms with Gasteiger partial charge in [0.05, 0.1) is 19.1 Å². The summed E-state index contributed by atoms with van der Waals surface area (Å²) in [6, 6.07) is 7.48. The number of carbonyl (C=O) groups excluding carboxylic acids is 1. The van der Waals surface area contributed by atoms with E-state index in [9.17, 15) is 4.79 Å². The molecule has 0 radical (unpaired) electrons. The molecule has 1 aliphatic heterocycles. The summed E-state index contributed by atoms with van der Waals surface area (Å²) in [6.07, 6.45) is 1.61.